The van der Waals surface area contributed by atoms with Gasteiger partial charge in [-0.15, -0.1) is 0 Å². The van der Waals surface area contributed by atoms with Crippen LogP contribution in [-0.4, -0.2) is 11.2 Å². The average molecular weight is 319 g/mol. The van der Waals surface area contributed by atoms with E-state index in [1.54, 1.807) is 0 Å². The molecule has 0 bridgehead atoms. The summed E-state index contributed by atoms with van der Waals surface area (Å²) in [7, 11) is 0. The summed E-state index contributed by atoms with van der Waals surface area (Å²) in [5.74, 6) is 1.35. The molecule has 2 heterocycles. The van der Waals surface area contributed by atoms with Gasteiger partial charge in [0.15, 0.2) is 0 Å². The minimum atomic E-state index is 0.118. The molecule has 1 aliphatic heterocycles. The lowest BCUT2D eigenvalue weighted by molar-refractivity contribution is 0.372. The van der Waals surface area contributed by atoms with E-state index in [1.165, 1.54) is 11.1 Å². The van der Waals surface area contributed by atoms with E-state index in [0.29, 0.717) is 17.8 Å². The summed E-state index contributed by atoms with van der Waals surface area (Å²) in [5.41, 5.74) is 3.54. The van der Waals surface area contributed by atoms with Gasteiger partial charge in [0.1, 0.15) is 6.04 Å². The first-order chi connectivity index (χ1) is 11.6. The largest absolute Gasteiger partial charge is 0.282 e. The topological polar surface area (TPSA) is 49.0 Å². The molecule has 1 aliphatic carbocycles. The van der Waals surface area contributed by atoms with Crippen LogP contribution in [0.2, 0.25) is 0 Å². The van der Waals surface area contributed by atoms with Gasteiger partial charge in [0.25, 0.3) is 0 Å². The van der Waals surface area contributed by atoms with E-state index < -0.39 is 0 Å². The lowest BCUT2D eigenvalue weighted by Crippen LogP contribution is -2.18. The quantitative estimate of drug-likeness (QED) is 0.767. The number of nitriles is 1. The van der Waals surface area contributed by atoms with Gasteiger partial charge >= 0.3 is 0 Å². The Morgan fingerprint density at radius 2 is 2.12 bits per heavy atom. The number of hydrogen-bond donors (Lipinski definition) is 0. The van der Waals surface area contributed by atoms with Crippen molar-refractivity contribution in [2.45, 2.75) is 39.7 Å². The van der Waals surface area contributed by atoms with Gasteiger partial charge in [-0.3, -0.25) is 9.98 Å². The summed E-state index contributed by atoms with van der Waals surface area (Å²) in [6, 6.07) is 6.64. The minimum absolute atomic E-state index is 0.118. The second-order valence-electron chi connectivity index (χ2n) is 7.40. The van der Waals surface area contributed by atoms with E-state index in [9.17, 15) is 5.26 Å². The maximum absolute atomic E-state index is 9.29. The third kappa shape index (κ3) is 3.48. The normalized spacial score (nSPS) is 23.9. The first-order valence-electron chi connectivity index (χ1n) is 8.85. The van der Waals surface area contributed by atoms with Crippen LogP contribution in [0.3, 0.4) is 0 Å². The van der Waals surface area contributed by atoms with E-state index in [2.05, 4.69) is 56.1 Å². The molecule has 1 aromatic heterocycles. The smallest absolute Gasteiger partial charge is 0.102 e. The number of aliphatic imine (C=N–C) groups is 1. The van der Waals surface area contributed by atoms with Crippen molar-refractivity contribution in [2.75, 3.05) is 0 Å². The Morgan fingerprint density at radius 1 is 1.29 bits per heavy atom. The van der Waals surface area contributed by atoms with Crippen LogP contribution in [0.4, 0.5) is 0 Å². The van der Waals surface area contributed by atoms with Crippen LogP contribution in [0.1, 0.15) is 50.9 Å². The minimum Gasteiger partial charge on any atom is -0.282 e. The molecule has 124 valence electrons. The zero-order valence-corrected chi connectivity index (χ0v) is 14.7. The van der Waals surface area contributed by atoms with Crippen molar-refractivity contribution in [3.05, 3.63) is 47.3 Å². The van der Waals surface area contributed by atoms with Crippen molar-refractivity contribution < 1.29 is 0 Å². The molecule has 24 heavy (non-hydrogen) atoms. The third-order valence-corrected chi connectivity index (χ3v) is 5.03. The summed E-state index contributed by atoms with van der Waals surface area (Å²) in [4.78, 5) is 9.32. The Bertz CT molecular complexity index is 721. The molecule has 0 saturated heterocycles. The fourth-order valence-corrected chi connectivity index (χ4v) is 3.62. The number of dihydropyridines is 1. The summed E-state index contributed by atoms with van der Waals surface area (Å²) in [6.45, 7) is 6.49. The molecule has 0 N–H and O–H groups in total. The Labute approximate surface area is 144 Å². The predicted octanol–water partition coefficient (Wildman–Crippen LogP) is 4.99. The monoisotopic (exact) mass is 319 g/mol. The lowest BCUT2D eigenvalue weighted by Gasteiger charge is -2.28. The van der Waals surface area contributed by atoms with Gasteiger partial charge in [-0.2, -0.15) is 5.26 Å². The third-order valence-electron chi connectivity index (χ3n) is 5.03. The number of pyridine rings is 1. The van der Waals surface area contributed by atoms with Gasteiger partial charge < -0.3 is 0 Å². The van der Waals surface area contributed by atoms with Crippen LogP contribution in [0.15, 0.2) is 41.0 Å². The van der Waals surface area contributed by atoms with Crippen molar-refractivity contribution in [3.63, 3.8) is 0 Å². The Kier molecular flexibility index (Phi) is 4.94. The number of hydrogen-bond acceptors (Lipinski definition) is 3. The fraction of sp³-hybridized carbons (Fsp3) is 0.476. The highest BCUT2D eigenvalue weighted by atomic mass is 14.9. The molecule has 0 radical (unpaired) electrons. The standard InChI is InChI=1S/C21H25N3/c1-14(2)19(12-22)10-15(3)9-16-11-18-7-6-17-5-4-8-23-20(17)21(18)24-13-16/h4-8,11,13-15,18-19,21H,9-10H2,1-3H3. The van der Waals surface area contributed by atoms with Gasteiger partial charge in [-0.1, -0.05) is 45.1 Å². The number of rotatable bonds is 5. The van der Waals surface area contributed by atoms with Crippen LogP contribution in [0, 0.1) is 35.0 Å². The Balaban J connectivity index is 1.68. The molecular formula is C21H25N3. The second-order valence-corrected chi connectivity index (χ2v) is 7.40. The number of aromatic nitrogens is 1. The van der Waals surface area contributed by atoms with Crippen molar-refractivity contribution in [1.82, 2.24) is 4.98 Å². The molecule has 4 atom stereocenters. The molecule has 0 aromatic carbocycles. The molecule has 4 unspecified atom stereocenters. The maximum Gasteiger partial charge on any atom is 0.102 e. The average Bonchev–Trinajstić information content (AvgIpc) is 2.59. The maximum atomic E-state index is 9.29. The Hall–Kier alpha value is -2.21. The van der Waals surface area contributed by atoms with Crippen molar-refractivity contribution >= 4 is 12.3 Å². The highest BCUT2D eigenvalue weighted by molar-refractivity contribution is 5.80. The van der Waals surface area contributed by atoms with E-state index >= 15 is 0 Å². The number of fused-ring (bicyclic) bond motifs is 3. The van der Waals surface area contributed by atoms with Gasteiger partial charge in [-0.05, 0) is 41.9 Å². The lowest BCUT2D eigenvalue weighted by atomic mass is 9.82. The van der Waals surface area contributed by atoms with Crippen LogP contribution in [-0.2, 0) is 0 Å². The zero-order chi connectivity index (χ0) is 17.1. The summed E-state index contributed by atoms with van der Waals surface area (Å²) in [6.07, 6.45) is 12.5. The van der Waals surface area contributed by atoms with Gasteiger partial charge in [-0.25, -0.2) is 0 Å². The number of allylic oxidation sites excluding steroid dienone is 1. The van der Waals surface area contributed by atoms with Gasteiger partial charge in [0.2, 0.25) is 0 Å². The molecule has 0 fully saturated rings. The molecule has 3 heteroatoms. The SMILES string of the molecule is CC(CC1=CC2C=Cc3cccnc3C2N=C1)CC(C#N)C(C)C. The molecule has 0 saturated carbocycles. The van der Waals surface area contributed by atoms with E-state index in [4.69, 9.17) is 4.99 Å². The summed E-state index contributed by atoms with van der Waals surface area (Å²) < 4.78 is 0. The molecule has 3 nitrogen and oxygen atoms in total. The fourth-order valence-electron chi connectivity index (χ4n) is 3.62. The molecule has 2 aliphatic rings. The Morgan fingerprint density at radius 3 is 2.88 bits per heavy atom. The summed E-state index contributed by atoms with van der Waals surface area (Å²) in [5, 5.41) is 9.29. The molecule has 3 rings (SSSR count). The van der Waals surface area contributed by atoms with E-state index in [-0.39, 0.29) is 12.0 Å². The highest BCUT2D eigenvalue weighted by Gasteiger charge is 2.28. The van der Waals surface area contributed by atoms with Crippen molar-refractivity contribution in [2.24, 2.45) is 28.7 Å². The summed E-state index contributed by atoms with van der Waals surface area (Å²) >= 11 is 0. The van der Waals surface area contributed by atoms with Crippen molar-refractivity contribution in [3.8, 4) is 6.07 Å². The van der Waals surface area contributed by atoms with Crippen LogP contribution < -0.4 is 0 Å². The first-order valence-corrected chi connectivity index (χ1v) is 8.85. The predicted molar refractivity (Wildman–Crippen MR) is 98.4 cm³/mol. The number of nitrogens with zero attached hydrogens (tertiary/aromatic N) is 3. The van der Waals surface area contributed by atoms with E-state index in [1.807, 2.05) is 18.5 Å². The first kappa shape index (κ1) is 16.6. The molecule has 1 aromatic rings. The van der Waals surface area contributed by atoms with Gasteiger partial charge in [0, 0.05) is 24.2 Å². The van der Waals surface area contributed by atoms with Crippen molar-refractivity contribution in [1.29, 1.82) is 5.26 Å². The van der Waals surface area contributed by atoms with E-state index in [0.717, 1.165) is 18.5 Å². The molecular weight excluding hydrogens is 294 g/mol. The van der Waals surface area contributed by atoms with Gasteiger partial charge in [0.05, 0.1) is 11.8 Å². The molecule has 0 spiro atoms. The van der Waals surface area contributed by atoms with Crippen LogP contribution in [0.5, 0.6) is 0 Å². The van der Waals surface area contributed by atoms with Crippen LogP contribution in [0.25, 0.3) is 6.08 Å². The van der Waals surface area contributed by atoms with Crippen LogP contribution >= 0.6 is 0 Å². The zero-order valence-electron chi connectivity index (χ0n) is 14.7. The molecule has 0 amide bonds. The second kappa shape index (κ2) is 7.13. The highest BCUT2D eigenvalue weighted by Crippen LogP contribution is 2.38.